The van der Waals surface area contributed by atoms with Crippen molar-refractivity contribution in [3.8, 4) is 0 Å². The Morgan fingerprint density at radius 3 is 2.52 bits per heavy atom. The maximum absolute atomic E-state index is 12.8. The van der Waals surface area contributed by atoms with Gasteiger partial charge in [-0.25, -0.2) is 8.42 Å². The third kappa shape index (κ3) is 3.43. The molecule has 1 N–H and O–H groups in total. The van der Waals surface area contributed by atoms with Gasteiger partial charge in [-0.05, 0) is 51.8 Å². The predicted molar refractivity (Wildman–Crippen MR) is 96.2 cm³/mol. The van der Waals surface area contributed by atoms with Gasteiger partial charge in [-0.3, -0.25) is 4.79 Å². The first-order valence-corrected chi connectivity index (χ1v) is 10.1. The van der Waals surface area contributed by atoms with Gasteiger partial charge in [0.15, 0.2) is 5.76 Å². The Balaban J connectivity index is 2.00. The lowest BCUT2D eigenvalue weighted by molar-refractivity contribution is 0.0916. The van der Waals surface area contributed by atoms with E-state index in [-0.39, 0.29) is 22.6 Å². The molecule has 1 aliphatic heterocycles. The molecule has 1 fully saturated rings. The van der Waals surface area contributed by atoms with Crippen LogP contribution in [-0.4, -0.2) is 37.8 Å². The summed E-state index contributed by atoms with van der Waals surface area (Å²) in [6.45, 7) is 6.65. The largest absolute Gasteiger partial charge is 0.451 e. The molecule has 1 saturated heterocycles. The number of furan rings is 1. The van der Waals surface area contributed by atoms with Gasteiger partial charge >= 0.3 is 0 Å². The van der Waals surface area contributed by atoms with E-state index in [9.17, 15) is 13.2 Å². The summed E-state index contributed by atoms with van der Waals surface area (Å²) in [4.78, 5) is 12.5. The summed E-state index contributed by atoms with van der Waals surface area (Å²) in [6.07, 6.45) is 2.86. The zero-order chi connectivity index (χ0) is 18.2. The summed E-state index contributed by atoms with van der Waals surface area (Å²) in [7, 11) is -3.51. The van der Waals surface area contributed by atoms with Gasteiger partial charge in [-0.2, -0.15) is 4.31 Å². The highest BCUT2D eigenvalue weighted by molar-refractivity contribution is 7.89. The summed E-state index contributed by atoms with van der Waals surface area (Å²) in [5.74, 6) is -0.0552. The second kappa shape index (κ2) is 6.80. The second-order valence-corrected chi connectivity index (χ2v) is 8.74. The van der Waals surface area contributed by atoms with Crippen LogP contribution in [0, 0.1) is 6.92 Å². The fourth-order valence-electron chi connectivity index (χ4n) is 3.16. The molecule has 1 aliphatic rings. The highest BCUT2D eigenvalue weighted by Crippen LogP contribution is 2.29. The first kappa shape index (κ1) is 17.9. The Morgan fingerprint density at radius 1 is 1.20 bits per heavy atom. The second-order valence-electron chi connectivity index (χ2n) is 6.81. The van der Waals surface area contributed by atoms with Crippen molar-refractivity contribution >= 4 is 26.9 Å². The lowest BCUT2D eigenvalue weighted by Gasteiger charge is -2.25. The van der Waals surface area contributed by atoms with Gasteiger partial charge in [0.05, 0.1) is 4.90 Å². The molecule has 7 heteroatoms. The third-order valence-corrected chi connectivity index (χ3v) is 6.38. The Hall–Kier alpha value is -1.86. The van der Waals surface area contributed by atoms with Crippen molar-refractivity contribution in [3.63, 3.8) is 0 Å². The normalized spacial score (nSPS) is 16.5. The molecular formula is C18H24N2O4S. The molecule has 136 valence electrons. The fourth-order valence-corrected chi connectivity index (χ4v) is 4.70. The molecule has 0 radical (unpaired) electrons. The van der Waals surface area contributed by atoms with E-state index in [4.69, 9.17) is 4.42 Å². The molecule has 3 rings (SSSR count). The van der Waals surface area contributed by atoms with Crippen LogP contribution < -0.4 is 5.32 Å². The number of fused-ring (bicyclic) bond motifs is 1. The SMILES string of the molecule is Cc1c(C(=O)NC(C)C)oc2ccc(S(=O)(=O)N3CCCCC3)cc12. The molecule has 0 saturated carbocycles. The number of nitrogens with zero attached hydrogens (tertiary/aromatic N) is 1. The van der Waals surface area contributed by atoms with Crippen molar-refractivity contribution in [1.29, 1.82) is 0 Å². The Labute approximate surface area is 148 Å². The summed E-state index contributed by atoms with van der Waals surface area (Å²) < 4.78 is 32.9. The molecule has 0 aliphatic carbocycles. The van der Waals surface area contributed by atoms with Crippen LogP contribution in [0.15, 0.2) is 27.5 Å². The third-order valence-electron chi connectivity index (χ3n) is 4.49. The summed E-state index contributed by atoms with van der Waals surface area (Å²) in [5, 5.41) is 3.46. The summed E-state index contributed by atoms with van der Waals surface area (Å²) >= 11 is 0. The van der Waals surface area contributed by atoms with E-state index in [1.807, 2.05) is 13.8 Å². The van der Waals surface area contributed by atoms with Gasteiger partial charge in [-0.1, -0.05) is 6.42 Å². The number of aryl methyl sites for hydroxylation is 1. The first-order valence-electron chi connectivity index (χ1n) is 8.65. The van der Waals surface area contributed by atoms with Gasteiger partial charge in [0.1, 0.15) is 5.58 Å². The van der Waals surface area contributed by atoms with Gasteiger partial charge in [0, 0.05) is 30.1 Å². The van der Waals surface area contributed by atoms with Crippen molar-refractivity contribution < 1.29 is 17.6 Å². The highest BCUT2D eigenvalue weighted by Gasteiger charge is 2.27. The number of nitrogens with one attached hydrogen (secondary N) is 1. The quantitative estimate of drug-likeness (QED) is 0.904. The topological polar surface area (TPSA) is 79.6 Å². The zero-order valence-corrected chi connectivity index (χ0v) is 15.6. The smallest absolute Gasteiger partial charge is 0.287 e. The van der Waals surface area contributed by atoms with Crippen molar-refractivity contribution in [2.45, 2.75) is 51.0 Å². The number of amides is 1. The van der Waals surface area contributed by atoms with Crippen LogP contribution in [0.1, 0.15) is 49.2 Å². The summed E-state index contributed by atoms with van der Waals surface area (Å²) in [5.41, 5.74) is 1.17. The lowest BCUT2D eigenvalue weighted by atomic mass is 10.1. The standard InChI is InChI=1S/C18H24N2O4S/c1-12(2)19-18(21)17-13(3)15-11-14(7-8-16(15)24-17)25(22,23)20-9-5-4-6-10-20/h7-8,11-12H,4-6,9-10H2,1-3H3,(H,19,21). The fraction of sp³-hybridized carbons (Fsp3) is 0.500. The average Bonchev–Trinajstić information content (AvgIpc) is 2.91. The zero-order valence-electron chi connectivity index (χ0n) is 14.8. The van der Waals surface area contributed by atoms with E-state index < -0.39 is 10.0 Å². The van der Waals surface area contributed by atoms with Crippen LogP contribution in [-0.2, 0) is 10.0 Å². The van der Waals surface area contributed by atoms with Crippen LogP contribution in [0.2, 0.25) is 0 Å². The van der Waals surface area contributed by atoms with Crippen LogP contribution in [0.25, 0.3) is 11.0 Å². The molecular weight excluding hydrogens is 340 g/mol. The number of carbonyl (C=O) groups excluding carboxylic acids is 1. The number of rotatable bonds is 4. The van der Waals surface area contributed by atoms with Crippen LogP contribution in [0.5, 0.6) is 0 Å². The molecule has 0 atom stereocenters. The molecule has 2 aromatic rings. The molecule has 0 unspecified atom stereocenters. The van der Waals surface area contributed by atoms with Crippen molar-refractivity contribution in [1.82, 2.24) is 9.62 Å². The highest BCUT2D eigenvalue weighted by atomic mass is 32.2. The molecule has 1 amide bonds. The number of benzene rings is 1. The van der Waals surface area contributed by atoms with Crippen LogP contribution >= 0.6 is 0 Å². The first-order chi connectivity index (χ1) is 11.8. The van der Waals surface area contributed by atoms with Gasteiger partial charge in [-0.15, -0.1) is 0 Å². The Kier molecular flexibility index (Phi) is 4.88. The number of hydrogen-bond donors (Lipinski definition) is 1. The monoisotopic (exact) mass is 364 g/mol. The van der Waals surface area contributed by atoms with Gasteiger partial charge in [0.2, 0.25) is 10.0 Å². The molecule has 2 heterocycles. The van der Waals surface area contributed by atoms with E-state index in [1.165, 1.54) is 0 Å². The van der Waals surface area contributed by atoms with Crippen LogP contribution in [0.3, 0.4) is 0 Å². The Morgan fingerprint density at radius 2 is 1.88 bits per heavy atom. The van der Waals surface area contributed by atoms with Crippen molar-refractivity contribution in [2.24, 2.45) is 0 Å². The number of sulfonamides is 1. The number of carbonyl (C=O) groups is 1. The molecule has 1 aromatic heterocycles. The minimum atomic E-state index is -3.51. The minimum absolute atomic E-state index is 0.00449. The van der Waals surface area contributed by atoms with Crippen molar-refractivity contribution in [2.75, 3.05) is 13.1 Å². The predicted octanol–water partition coefficient (Wildman–Crippen LogP) is 3.05. The van der Waals surface area contributed by atoms with E-state index in [2.05, 4.69) is 5.32 Å². The molecule has 0 spiro atoms. The molecule has 6 nitrogen and oxygen atoms in total. The van der Waals surface area contributed by atoms with E-state index in [1.54, 1.807) is 29.4 Å². The van der Waals surface area contributed by atoms with E-state index >= 15 is 0 Å². The number of piperidine rings is 1. The molecule has 1 aromatic carbocycles. The maximum Gasteiger partial charge on any atom is 0.287 e. The van der Waals surface area contributed by atoms with Crippen molar-refractivity contribution in [3.05, 3.63) is 29.5 Å². The minimum Gasteiger partial charge on any atom is -0.451 e. The Bertz CT molecular complexity index is 893. The van der Waals surface area contributed by atoms with Gasteiger partial charge < -0.3 is 9.73 Å². The summed E-state index contributed by atoms with van der Waals surface area (Å²) in [6, 6.07) is 4.80. The lowest BCUT2D eigenvalue weighted by Crippen LogP contribution is -2.35. The van der Waals surface area contributed by atoms with E-state index in [0.717, 1.165) is 19.3 Å². The van der Waals surface area contributed by atoms with Crippen LogP contribution in [0.4, 0.5) is 0 Å². The molecule has 0 bridgehead atoms. The van der Waals surface area contributed by atoms with Gasteiger partial charge in [0.25, 0.3) is 5.91 Å². The average molecular weight is 364 g/mol. The molecule has 25 heavy (non-hydrogen) atoms. The maximum atomic E-state index is 12.8. The van der Waals surface area contributed by atoms with E-state index in [0.29, 0.717) is 29.6 Å². The number of hydrogen-bond acceptors (Lipinski definition) is 4.